The van der Waals surface area contributed by atoms with E-state index in [1.165, 1.54) is 16.2 Å². The van der Waals surface area contributed by atoms with Crippen LogP contribution in [0.25, 0.3) is 0 Å². The number of carbonyl (C=O) groups is 3. The summed E-state index contributed by atoms with van der Waals surface area (Å²) in [5.74, 6) is -0.935. The van der Waals surface area contributed by atoms with Crippen molar-refractivity contribution in [3.8, 4) is 0 Å². The highest BCUT2D eigenvalue weighted by molar-refractivity contribution is 7.17. The fourth-order valence-electron chi connectivity index (χ4n) is 3.55. The van der Waals surface area contributed by atoms with E-state index in [1.807, 2.05) is 0 Å². The van der Waals surface area contributed by atoms with Crippen LogP contribution >= 0.6 is 11.3 Å². The van der Waals surface area contributed by atoms with Gasteiger partial charge in [0.15, 0.2) is 0 Å². The van der Waals surface area contributed by atoms with Gasteiger partial charge in [0.1, 0.15) is 5.00 Å². The molecule has 3 N–H and O–H groups in total. The second kappa shape index (κ2) is 7.62. The maximum atomic E-state index is 12.8. The van der Waals surface area contributed by atoms with Crippen LogP contribution in [-0.4, -0.2) is 28.9 Å². The Labute approximate surface area is 163 Å². The number of fused-ring (bicyclic) bond motifs is 1. The quantitative estimate of drug-likeness (QED) is 0.689. The molecule has 148 valence electrons. The molecule has 7 heteroatoms. The maximum absolute atomic E-state index is 12.8. The number of nitrogens with one attached hydrogen (secondary N) is 2. The first-order chi connectivity index (χ1) is 12.6. The van der Waals surface area contributed by atoms with Crippen LogP contribution in [0.15, 0.2) is 0 Å². The van der Waals surface area contributed by atoms with Crippen LogP contribution in [0.5, 0.6) is 0 Å². The molecule has 1 heterocycles. The summed E-state index contributed by atoms with van der Waals surface area (Å²) in [7, 11) is 0. The number of carbonyl (C=O) groups excluding carboxylic acids is 2. The third kappa shape index (κ3) is 4.89. The molecule has 1 atom stereocenters. The summed E-state index contributed by atoms with van der Waals surface area (Å²) < 4.78 is 0. The van der Waals surface area contributed by atoms with E-state index in [-0.39, 0.29) is 36.1 Å². The molecule has 0 bridgehead atoms. The molecule has 0 saturated heterocycles. The van der Waals surface area contributed by atoms with E-state index in [9.17, 15) is 14.4 Å². The van der Waals surface area contributed by atoms with Crippen molar-refractivity contribution in [2.45, 2.75) is 71.8 Å². The van der Waals surface area contributed by atoms with Gasteiger partial charge in [-0.05, 0) is 49.0 Å². The lowest BCUT2D eigenvalue weighted by atomic mass is 9.72. The number of anilines is 1. The van der Waals surface area contributed by atoms with Gasteiger partial charge < -0.3 is 15.7 Å². The minimum Gasteiger partial charge on any atom is -0.481 e. The van der Waals surface area contributed by atoms with Crippen molar-refractivity contribution in [2.24, 2.45) is 11.3 Å². The third-order valence-corrected chi connectivity index (χ3v) is 6.62. The van der Waals surface area contributed by atoms with Crippen molar-refractivity contribution in [3.63, 3.8) is 0 Å². The highest BCUT2D eigenvalue weighted by atomic mass is 32.1. The Morgan fingerprint density at radius 3 is 2.44 bits per heavy atom. The van der Waals surface area contributed by atoms with Crippen molar-refractivity contribution in [3.05, 3.63) is 16.0 Å². The molecule has 27 heavy (non-hydrogen) atoms. The molecule has 3 rings (SSSR count). The first-order valence-corrected chi connectivity index (χ1v) is 10.4. The van der Waals surface area contributed by atoms with Gasteiger partial charge in [0.25, 0.3) is 5.91 Å². The Morgan fingerprint density at radius 2 is 1.85 bits per heavy atom. The topological polar surface area (TPSA) is 95.5 Å². The predicted molar refractivity (Wildman–Crippen MR) is 105 cm³/mol. The van der Waals surface area contributed by atoms with Crippen LogP contribution < -0.4 is 10.6 Å². The Bertz CT molecular complexity index is 759. The molecule has 0 radical (unpaired) electrons. The van der Waals surface area contributed by atoms with Crippen LogP contribution in [0.4, 0.5) is 5.00 Å². The highest BCUT2D eigenvalue weighted by Gasteiger charge is 2.35. The second-order valence-corrected chi connectivity index (χ2v) is 9.81. The van der Waals surface area contributed by atoms with Gasteiger partial charge in [-0.1, -0.05) is 20.8 Å². The number of aliphatic carboxylic acids is 1. The van der Waals surface area contributed by atoms with Crippen LogP contribution in [0.1, 0.15) is 73.7 Å². The predicted octanol–water partition coefficient (Wildman–Crippen LogP) is 3.59. The zero-order chi connectivity index (χ0) is 19.8. The number of thiophene rings is 1. The zero-order valence-electron chi connectivity index (χ0n) is 16.2. The highest BCUT2D eigenvalue weighted by Crippen LogP contribution is 2.44. The van der Waals surface area contributed by atoms with Gasteiger partial charge in [0.2, 0.25) is 5.91 Å². The van der Waals surface area contributed by atoms with Gasteiger partial charge in [-0.3, -0.25) is 14.4 Å². The van der Waals surface area contributed by atoms with Crippen LogP contribution in [0, 0.1) is 11.3 Å². The molecule has 0 unspecified atom stereocenters. The van der Waals surface area contributed by atoms with E-state index < -0.39 is 5.97 Å². The number of rotatable bonds is 6. The minimum atomic E-state index is -1.00. The number of hydrogen-bond acceptors (Lipinski definition) is 4. The second-order valence-electron chi connectivity index (χ2n) is 8.70. The fourth-order valence-corrected chi connectivity index (χ4v) is 4.89. The third-order valence-electron chi connectivity index (χ3n) is 5.45. The van der Waals surface area contributed by atoms with Crippen molar-refractivity contribution >= 4 is 34.1 Å². The van der Waals surface area contributed by atoms with E-state index >= 15 is 0 Å². The summed E-state index contributed by atoms with van der Waals surface area (Å²) in [4.78, 5) is 36.9. The van der Waals surface area contributed by atoms with Crippen LogP contribution in [0.3, 0.4) is 0 Å². The van der Waals surface area contributed by atoms with Crippen LogP contribution in [-0.2, 0) is 22.4 Å². The van der Waals surface area contributed by atoms with E-state index in [0.717, 1.165) is 37.7 Å². The van der Waals surface area contributed by atoms with E-state index in [2.05, 4.69) is 31.4 Å². The molecule has 2 aliphatic carbocycles. The number of hydrogen-bond donors (Lipinski definition) is 3. The van der Waals surface area contributed by atoms with Crippen LogP contribution in [0.2, 0.25) is 0 Å². The maximum Gasteiger partial charge on any atom is 0.303 e. The molecule has 1 aromatic rings. The lowest BCUT2D eigenvalue weighted by Gasteiger charge is -2.33. The zero-order valence-corrected chi connectivity index (χ0v) is 17.0. The molecule has 2 aliphatic rings. The summed E-state index contributed by atoms with van der Waals surface area (Å²) in [6.45, 7) is 6.72. The molecule has 0 aliphatic heterocycles. The first-order valence-electron chi connectivity index (χ1n) is 9.62. The molecule has 1 saturated carbocycles. The van der Waals surface area contributed by atoms with Gasteiger partial charge in [-0.15, -0.1) is 11.3 Å². The van der Waals surface area contributed by atoms with Gasteiger partial charge in [0.05, 0.1) is 12.0 Å². The number of carboxylic acid groups (broad SMARTS) is 1. The average molecular weight is 393 g/mol. The SMILES string of the molecule is CC(C)(C)[C@H]1CCc2c(sc(NC(=O)CCC(=O)O)c2C(=O)NC2CC2)C1. The van der Waals surface area contributed by atoms with E-state index in [0.29, 0.717) is 16.5 Å². The molecule has 0 aromatic carbocycles. The summed E-state index contributed by atoms with van der Waals surface area (Å²) >= 11 is 1.48. The Morgan fingerprint density at radius 1 is 1.15 bits per heavy atom. The van der Waals surface area contributed by atoms with Gasteiger partial charge in [-0.25, -0.2) is 0 Å². The molecule has 1 aromatic heterocycles. The van der Waals surface area contributed by atoms with Gasteiger partial charge >= 0.3 is 5.97 Å². The first kappa shape index (κ1) is 19.9. The smallest absolute Gasteiger partial charge is 0.303 e. The molecule has 0 spiro atoms. The van der Waals surface area contributed by atoms with Crippen molar-refractivity contribution in [1.29, 1.82) is 0 Å². The van der Waals surface area contributed by atoms with E-state index in [4.69, 9.17) is 5.11 Å². The summed E-state index contributed by atoms with van der Waals surface area (Å²) in [5, 5.41) is 15.2. The van der Waals surface area contributed by atoms with Crippen molar-refractivity contribution in [1.82, 2.24) is 5.32 Å². The minimum absolute atomic E-state index is 0.0911. The molecule has 1 fully saturated rings. The molecular weight excluding hydrogens is 364 g/mol. The summed E-state index contributed by atoms with van der Waals surface area (Å²) in [5.41, 5.74) is 1.85. The Kier molecular flexibility index (Phi) is 5.60. The van der Waals surface area contributed by atoms with Gasteiger partial charge in [0, 0.05) is 17.3 Å². The Balaban J connectivity index is 1.84. The molecule has 6 nitrogen and oxygen atoms in total. The van der Waals surface area contributed by atoms with Crippen molar-refractivity contribution in [2.75, 3.05) is 5.32 Å². The lowest BCUT2D eigenvalue weighted by Crippen LogP contribution is -2.29. The lowest BCUT2D eigenvalue weighted by molar-refractivity contribution is -0.138. The molecule has 2 amide bonds. The van der Waals surface area contributed by atoms with Gasteiger partial charge in [-0.2, -0.15) is 0 Å². The molecular formula is C20H28N2O4S. The van der Waals surface area contributed by atoms with E-state index in [1.54, 1.807) is 0 Å². The van der Waals surface area contributed by atoms with Crippen molar-refractivity contribution < 1.29 is 19.5 Å². The standard InChI is InChI=1S/C20H28N2O4S/c1-20(2,3)11-4-7-13-14(10-11)27-19(22-15(23)8-9-16(24)25)17(13)18(26)21-12-5-6-12/h11-12H,4-10H2,1-3H3,(H,21,26)(H,22,23)(H,24,25)/t11-/m0/s1. The summed E-state index contributed by atoms with van der Waals surface area (Å²) in [6.07, 6.45) is 4.49. The monoisotopic (exact) mass is 392 g/mol. The normalized spacial score (nSPS) is 19.3. The average Bonchev–Trinajstić information content (AvgIpc) is 3.30. The summed E-state index contributed by atoms with van der Waals surface area (Å²) in [6, 6.07) is 0.245. The Hall–Kier alpha value is -1.89. The number of amides is 2. The number of carboxylic acids is 1. The largest absolute Gasteiger partial charge is 0.481 e. The fraction of sp³-hybridized carbons (Fsp3) is 0.650.